The van der Waals surface area contributed by atoms with Crippen molar-refractivity contribution in [3.8, 4) is 5.75 Å². The van der Waals surface area contributed by atoms with E-state index in [1.165, 1.54) is 18.6 Å². The van der Waals surface area contributed by atoms with Crippen molar-refractivity contribution in [2.75, 3.05) is 32.8 Å². The highest BCUT2D eigenvalue weighted by Crippen LogP contribution is 2.26. The minimum absolute atomic E-state index is 0.00461. The molecule has 1 aromatic heterocycles. The van der Waals surface area contributed by atoms with E-state index >= 15 is 0 Å². The summed E-state index contributed by atoms with van der Waals surface area (Å²) in [6, 6.07) is 5.65. The van der Waals surface area contributed by atoms with Crippen LogP contribution in [0.1, 0.15) is 32.8 Å². The number of carbonyl (C=O) groups is 2. The average molecular weight is 352 g/mol. The molecule has 0 aliphatic carbocycles. The van der Waals surface area contributed by atoms with Gasteiger partial charge in [0.05, 0.1) is 12.8 Å². The zero-order valence-corrected chi connectivity index (χ0v) is 14.4. The number of aryl methyl sites for hydroxylation is 1. The number of ether oxygens (including phenoxy) is 1. The van der Waals surface area contributed by atoms with Crippen LogP contribution in [0.4, 0.5) is 0 Å². The molecule has 26 heavy (non-hydrogen) atoms. The molecule has 0 unspecified atom stereocenters. The van der Waals surface area contributed by atoms with Crippen molar-refractivity contribution >= 4 is 11.8 Å². The fraction of sp³-hybridized carbons (Fsp3) is 0.368. The molecule has 2 aliphatic rings. The van der Waals surface area contributed by atoms with Crippen LogP contribution in [0, 0.1) is 0 Å². The molecular weight excluding hydrogens is 332 g/mol. The molecule has 7 heteroatoms. The first-order chi connectivity index (χ1) is 12.7. The van der Waals surface area contributed by atoms with Crippen molar-refractivity contribution in [1.29, 1.82) is 0 Å². The predicted octanol–water partition coefficient (Wildman–Crippen LogP) is 1.40. The Bertz CT molecular complexity index is 817. The van der Waals surface area contributed by atoms with Crippen LogP contribution >= 0.6 is 0 Å². The molecule has 134 valence electrons. The van der Waals surface area contributed by atoms with Gasteiger partial charge in [0.25, 0.3) is 11.8 Å². The number of carbonyl (C=O) groups excluding carboxylic acids is 2. The van der Waals surface area contributed by atoms with Crippen LogP contribution in [-0.4, -0.2) is 64.4 Å². The van der Waals surface area contributed by atoms with Gasteiger partial charge in [-0.05, 0) is 36.6 Å². The number of hydrogen-bond acceptors (Lipinski definition) is 5. The molecule has 0 saturated carbocycles. The number of benzene rings is 1. The second-order valence-electron chi connectivity index (χ2n) is 6.45. The molecule has 0 N–H and O–H groups in total. The van der Waals surface area contributed by atoms with Gasteiger partial charge in [-0.1, -0.05) is 0 Å². The summed E-state index contributed by atoms with van der Waals surface area (Å²) >= 11 is 0. The quantitative estimate of drug-likeness (QED) is 0.817. The normalized spacial score (nSPS) is 16.6. The lowest BCUT2D eigenvalue weighted by Gasteiger charge is -2.34. The van der Waals surface area contributed by atoms with Crippen molar-refractivity contribution in [3.05, 3.63) is 53.6 Å². The maximum Gasteiger partial charge on any atom is 0.274 e. The van der Waals surface area contributed by atoms with Gasteiger partial charge in [0.1, 0.15) is 11.4 Å². The number of amides is 2. The number of rotatable bonds is 2. The second-order valence-corrected chi connectivity index (χ2v) is 6.45. The molecule has 0 spiro atoms. The maximum atomic E-state index is 12.8. The van der Waals surface area contributed by atoms with Gasteiger partial charge in [-0.25, -0.2) is 4.98 Å². The van der Waals surface area contributed by atoms with Gasteiger partial charge in [0, 0.05) is 44.1 Å². The van der Waals surface area contributed by atoms with Gasteiger partial charge < -0.3 is 14.5 Å². The van der Waals surface area contributed by atoms with Gasteiger partial charge in [0.2, 0.25) is 0 Å². The van der Waals surface area contributed by atoms with E-state index in [-0.39, 0.29) is 11.8 Å². The Labute approximate surface area is 151 Å². The minimum atomic E-state index is -0.142. The Morgan fingerprint density at radius 2 is 1.77 bits per heavy atom. The molecule has 0 atom stereocenters. The van der Waals surface area contributed by atoms with Crippen LogP contribution in [0.2, 0.25) is 0 Å². The average Bonchev–Trinajstić information content (AvgIpc) is 2.73. The predicted molar refractivity (Wildman–Crippen MR) is 94.1 cm³/mol. The van der Waals surface area contributed by atoms with Crippen molar-refractivity contribution in [3.63, 3.8) is 0 Å². The summed E-state index contributed by atoms with van der Waals surface area (Å²) in [6.45, 7) is 2.75. The Hall–Kier alpha value is -2.96. The Morgan fingerprint density at radius 1 is 1.00 bits per heavy atom. The molecule has 0 bridgehead atoms. The third-order valence-electron chi connectivity index (χ3n) is 4.79. The van der Waals surface area contributed by atoms with E-state index in [4.69, 9.17) is 4.74 Å². The van der Waals surface area contributed by atoms with E-state index in [2.05, 4.69) is 9.97 Å². The van der Waals surface area contributed by atoms with E-state index < -0.39 is 0 Å². The maximum absolute atomic E-state index is 12.8. The largest absolute Gasteiger partial charge is 0.493 e. The first kappa shape index (κ1) is 16.5. The Kier molecular flexibility index (Phi) is 4.51. The number of fused-ring (bicyclic) bond motifs is 1. The van der Waals surface area contributed by atoms with Gasteiger partial charge in [-0.15, -0.1) is 0 Å². The lowest BCUT2D eigenvalue weighted by molar-refractivity contribution is 0.0532. The molecule has 2 aromatic rings. The van der Waals surface area contributed by atoms with Crippen molar-refractivity contribution in [2.24, 2.45) is 0 Å². The highest BCUT2D eigenvalue weighted by molar-refractivity contribution is 5.95. The number of piperazine rings is 1. The summed E-state index contributed by atoms with van der Waals surface area (Å²) in [7, 11) is 0. The van der Waals surface area contributed by atoms with Gasteiger partial charge in [-0.3, -0.25) is 14.6 Å². The lowest BCUT2D eigenvalue weighted by atomic mass is 10.0. The summed E-state index contributed by atoms with van der Waals surface area (Å²) in [6.07, 6.45) is 6.43. The highest BCUT2D eigenvalue weighted by Gasteiger charge is 2.26. The van der Waals surface area contributed by atoms with E-state index in [9.17, 15) is 9.59 Å². The molecule has 4 rings (SSSR count). The van der Waals surface area contributed by atoms with Crippen molar-refractivity contribution in [1.82, 2.24) is 19.8 Å². The molecule has 1 aromatic carbocycles. The summed E-state index contributed by atoms with van der Waals surface area (Å²) in [5, 5.41) is 0. The number of hydrogen-bond donors (Lipinski definition) is 0. The molecule has 0 radical (unpaired) electrons. The summed E-state index contributed by atoms with van der Waals surface area (Å²) in [4.78, 5) is 36.7. The standard InChI is InChI=1S/C19H20N4O3/c24-18(15-3-4-17-14(12-15)2-1-11-26-17)22-7-9-23(10-8-22)19(25)16-13-20-5-6-21-16/h3-6,12-13H,1-2,7-11H2. The number of aromatic nitrogens is 2. The van der Waals surface area contributed by atoms with Crippen LogP contribution in [-0.2, 0) is 6.42 Å². The summed E-state index contributed by atoms with van der Waals surface area (Å²) < 4.78 is 5.61. The molecule has 2 amide bonds. The van der Waals surface area contributed by atoms with Crippen LogP contribution < -0.4 is 4.74 Å². The molecule has 1 saturated heterocycles. The smallest absolute Gasteiger partial charge is 0.274 e. The summed E-state index contributed by atoms with van der Waals surface area (Å²) in [5.74, 6) is 0.744. The first-order valence-corrected chi connectivity index (χ1v) is 8.82. The van der Waals surface area contributed by atoms with Crippen LogP contribution in [0.15, 0.2) is 36.8 Å². The number of nitrogens with zero attached hydrogens (tertiary/aromatic N) is 4. The Balaban J connectivity index is 1.40. The Morgan fingerprint density at radius 3 is 2.50 bits per heavy atom. The third kappa shape index (κ3) is 3.24. The van der Waals surface area contributed by atoms with Crippen LogP contribution in [0.3, 0.4) is 0 Å². The van der Waals surface area contributed by atoms with Crippen molar-refractivity contribution < 1.29 is 14.3 Å². The zero-order chi connectivity index (χ0) is 17.9. The SMILES string of the molecule is O=C(c1ccc2c(c1)CCCO2)N1CCN(C(=O)c2cnccn2)CC1. The highest BCUT2D eigenvalue weighted by atomic mass is 16.5. The molecular formula is C19H20N4O3. The topological polar surface area (TPSA) is 75.6 Å². The fourth-order valence-electron chi connectivity index (χ4n) is 3.36. The van der Waals surface area contributed by atoms with Crippen molar-refractivity contribution in [2.45, 2.75) is 12.8 Å². The van der Waals surface area contributed by atoms with E-state index in [0.29, 0.717) is 37.4 Å². The van der Waals surface area contributed by atoms with E-state index in [1.54, 1.807) is 9.80 Å². The van der Waals surface area contributed by atoms with E-state index in [1.807, 2.05) is 18.2 Å². The summed E-state index contributed by atoms with van der Waals surface area (Å²) in [5.41, 5.74) is 2.11. The van der Waals surface area contributed by atoms with Gasteiger partial charge >= 0.3 is 0 Å². The lowest BCUT2D eigenvalue weighted by Crippen LogP contribution is -2.50. The molecule has 2 aliphatic heterocycles. The first-order valence-electron chi connectivity index (χ1n) is 8.82. The fourth-order valence-corrected chi connectivity index (χ4v) is 3.36. The third-order valence-corrected chi connectivity index (χ3v) is 4.79. The molecule has 3 heterocycles. The zero-order valence-electron chi connectivity index (χ0n) is 14.4. The monoisotopic (exact) mass is 352 g/mol. The minimum Gasteiger partial charge on any atom is -0.493 e. The molecule has 1 fully saturated rings. The van der Waals surface area contributed by atoms with Gasteiger partial charge in [0.15, 0.2) is 0 Å². The van der Waals surface area contributed by atoms with Gasteiger partial charge in [-0.2, -0.15) is 0 Å². The van der Waals surface area contributed by atoms with E-state index in [0.717, 1.165) is 30.8 Å². The second kappa shape index (κ2) is 7.11. The molecule has 7 nitrogen and oxygen atoms in total. The van der Waals surface area contributed by atoms with Crippen LogP contribution in [0.25, 0.3) is 0 Å². The van der Waals surface area contributed by atoms with Crippen LogP contribution in [0.5, 0.6) is 5.75 Å².